The lowest BCUT2D eigenvalue weighted by Gasteiger charge is -2.08. The molecular formula is C13H12F2N2O2. The highest BCUT2D eigenvalue weighted by Gasteiger charge is 2.14. The third-order valence-electron chi connectivity index (χ3n) is 2.56. The Bertz CT molecular complexity index is 618. The van der Waals surface area contributed by atoms with Crippen LogP contribution in [-0.4, -0.2) is 22.2 Å². The highest BCUT2D eigenvalue weighted by Crippen LogP contribution is 2.28. The lowest BCUT2D eigenvalue weighted by Crippen LogP contribution is -2.00. The maximum Gasteiger partial charge on any atom is 0.165 e. The average Bonchev–Trinajstić information content (AvgIpc) is 2.40. The molecule has 0 atom stereocenters. The van der Waals surface area contributed by atoms with Gasteiger partial charge in [-0.15, -0.1) is 0 Å². The van der Waals surface area contributed by atoms with Crippen molar-refractivity contribution in [1.29, 1.82) is 0 Å². The molecule has 0 unspecified atom stereocenters. The van der Waals surface area contributed by atoms with E-state index < -0.39 is 11.6 Å². The van der Waals surface area contributed by atoms with Gasteiger partial charge in [-0.3, -0.25) is 0 Å². The Kier molecular flexibility index (Phi) is 3.71. The predicted molar refractivity (Wildman–Crippen MR) is 64.6 cm³/mol. The summed E-state index contributed by atoms with van der Waals surface area (Å²) in [6.45, 7) is 1.32. The first kappa shape index (κ1) is 13.4. The molecule has 1 aromatic heterocycles. The minimum Gasteiger partial charge on any atom is -0.494 e. The van der Waals surface area contributed by atoms with Gasteiger partial charge >= 0.3 is 0 Å². The Morgan fingerprint density at radius 1 is 1.16 bits per heavy atom. The zero-order valence-electron chi connectivity index (χ0n) is 10.4. The smallest absolute Gasteiger partial charge is 0.165 e. The Balaban J connectivity index is 2.58. The molecule has 4 nitrogen and oxygen atoms in total. The Hall–Kier alpha value is -2.08. The first-order valence-electron chi connectivity index (χ1n) is 5.54. The molecule has 19 heavy (non-hydrogen) atoms. The molecule has 1 N–H and O–H groups in total. The number of nitrogens with zero attached hydrogens (tertiary/aromatic N) is 2. The van der Waals surface area contributed by atoms with Gasteiger partial charge in [-0.1, -0.05) is 0 Å². The summed E-state index contributed by atoms with van der Waals surface area (Å²) in [5.74, 6) is -1.35. The van der Waals surface area contributed by atoms with Crippen LogP contribution in [0.4, 0.5) is 8.78 Å². The van der Waals surface area contributed by atoms with Crippen LogP contribution in [0.15, 0.2) is 18.2 Å². The molecule has 0 amide bonds. The average molecular weight is 266 g/mol. The monoisotopic (exact) mass is 266 g/mol. The largest absolute Gasteiger partial charge is 0.494 e. The zero-order chi connectivity index (χ0) is 14.0. The molecule has 6 heteroatoms. The van der Waals surface area contributed by atoms with E-state index in [1.807, 2.05) is 0 Å². The first-order chi connectivity index (χ1) is 9.05. The number of hydrogen-bond acceptors (Lipinski definition) is 4. The minimum atomic E-state index is -0.680. The molecular weight excluding hydrogens is 254 g/mol. The fraction of sp³-hybridized carbons (Fsp3) is 0.231. The van der Waals surface area contributed by atoms with Crippen molar-refractivity contribution in [1.82, 2.24) is 9.97 Å². The van der Waals surface area contributed by atoms with Gasteiger partial charge in [-0.05, 0) is 19.1 Å². The van der Waals surface area contributed by atoms with Crippen LogP contribution in [0.5, 0.6) is 5.75 Å². The van der Waals surface area contributed by atoms with E-state index in [-0.39, 0.29) is 29.4 Å². The second-order valence-electron chi connectivity index (χ2n) is 3.94. The lowest BCUT2D eigenvalue weighted by atomic mass is 10.1. The highest BCUT2D eigenvalue weighted by atomic mass is 19.1. The van der Waals surface area contributed by atoms with Crippen LogP contribution in [0.3, 0.4) is 0 Å². The molecule has 1 aromatic carbocycles. The Morgan fingerprint density at radius 2 is 1.89 bits per heavy atom. The summed E-state index contributed by atoms with van der Waals surface area (Å²) in [5.41, 5.74) is 0.777. The predicted octanol–water partition coefficient (Wildman–Crippen LogP) is 2.23. The second-order valence-corrected chi connectivity index (χ2v) is 3.94. The van der Waals surface area contributed by atoms with Gasteiger partial charge in [0.2, 0.25) is 0 Å². The topological polar surface area (TPSA) is 55.2 Å². The van der Waals surface area contributed by atoms with E-state index in [0.717, 1.165) is 12.1 Å². The molecule has 0 radical (unpaired) electrons. The van der Waals surface area contributed by atoms with Gasteiger partial charge in [0, 0.05) is 17.3 Å². The van der Waals surface area contributed by atoms with E-state index in [1.54, 1.807) is 6.92 Å². The summed E-state index contributed by atoms with van der Waals surface area (Å²) in [6.07, 6.45) is 0. The number of benzene rings is 1. The molecule has 0 spiro atoms. The van der Waals surface area contributed by atoms with Crippen molar-refractivity contribution in [3.63, 3.8) is 0 Å². The van der Waals surface area contributed by atoms with Crippen LogP contribution in [0, 0.1) is 18.6 Å². The van der Waals surface area contributed by atoms with Crippen LogP contribution in [-0.2, 0) is 6.61 Å². The van der Waals surface area contributed by atoms with Crippen molar-refractivity contribution in [2.75, 3.05) is 7.11 Å². The molecule has 0 aliphatic heterocycles. The number of methoxy groups -OCH3 is 1. The fourth-order valence-corrected chi connectivity index (χ4v) is 1.72. The van der Waals surface area contributed by atoms with E-state index in [0.29, 0.717) is 5.69 Å². The van der Waals surface area contributed by atoms with Crippen LogP contribution >= 0.6 is 0 Å². The number of hydrogen-bond donors (Lipinski definition) is 1. The van der Waals surface area contributed by atoms with Crippen molar-refractivity contribution in [3.8, 4) is 17.0 Å². The van der Waals surface area contributed by atoms with Gasteiger partial charge in [0.15, 0.2) is 17.4 Å². The first-order valence-corrected chi connectivity index (χ1v) is 5.54. The highest BCUT2D eigenvalue weighted by molar-refractivity contribution is 5.61. The number of aromatic nitrogens is 2. The summed E-state index contributed by atoms with van der Waals surface area (Å²) >= 11 is 0. The number of ether oxygens (including phenoxy) is 1. The van der Waals surface area contributed by atoms with Crippen molar-refractivity contribution in [3.05, 3.63) is 41.4 Å². The number of aryl methyl sites for hydroxylation is 1. The molecule has 0 saturated carbocycles. The fourth-order valence-electron chi connectivity index (χ4n) is 1.72. The summed E-state index contributed by atoms with van der Waals surface area (Å²) < 4.78 is 32.2. The molecule has 2 aromatic rings. The van der Waals surface area contributed by atoms with Crippen molar-refractivity contribution >= 4 is 0 Å². The Morgan fingerprint density at radius 3 is 2.53 bits per heavy atom. The molecule has 0 saturated heterocycles. The number of aliphatic hydroxyl groups is 1. The zero-order valence-corrected chi connectivity index (χ0v) is 10.4. The number of aliphatic hydroxyl groups excluding tert-OH is 1. The second kappa shape index (κ2) is 5.27. The SMILES string of the molecule is COc1cc(F)c(-c2cc(C)nc(CO)n2)cc1F. The standard InChI is InChI=1S/C13H12F2N2O2/c1-7-3-11(17-13(6-18)16-7)8-4-10(15)12(19-2)5-9(8)14/h3-5,18H,6H2,1-2H3. The minimum absolute atomic E-state index is 0.00139. The summed E-state index contributed by atoms with van der Waals surface area (Å²) in [5, 5.41) is 9.03. The van der Waals surface area contributed by atoms with E-state index in [2.05, 4.69) is 9.97 Å². The molecule has 0 aliphatic carbocycles. The molecule has 2 rings (SSSR count). The van der Waals surface area contributed by atoms with Gasteiger partial charge in [0.05, 0.1) is 12.8 Å². The molecule has 0 aliphatic rings. The van der Waals surface area contributed by atoms with E-state index in [1.165, 1.54) is 13.2 Å². The normalized spacial score (nSPS) is 10.6. The number of rotatable bonds is 3. The third-order valence-corrected chi connectivity index (χ3v) is 2.56. The van der Waals surface area contributed by atoms with Crippen LogP contribution in [0.25, 0.3) is 11.3 Å². The number of halogens is 2. The molecule has 100 valence electrons. The quantitative estimate of drug-likeness (QED) is 0.925. The van der Waals surface area contributed by atoms with Crippen molar-refractivity contribution in [2.45, 2.75) is 13.5 Å². The Labute approximate surface area is 108 Å². The van der Waals surface area contributed by atoms with E-state index in [9.17, 15) is 8.78 Å². The van der Waals surface area contributed by atoms with Gasteiger partial charge in [-0.25, -0.2) is 18.7 Å². The van der Waals surface area contributed by atoms with Crippen LogP contribution in [0.2, 0.25) is 0 Å². The third kappa shape index (κ3) is 2.68. The van der Waals surface area contributed by atoms with Gasteiger partial charge in [0.1, 0.15) is 12.4 Å². The summed E-state index contributed by atoms with van der Waals surface area (Å²) in [7, 11) is 1.26. The molecule has 0 fully saturated rings. The van der Waals surface area contributed by atoms with E-state index in [4.69, 9.17) is 9.84 Å². The van der Waals surface area contributed by atoms with Gasteiger partial charge in [0.25, 0.3) is 0 Å². The molecule has 1 heterocycles. The van der Waals surface area contributed by atoms with E-state index >= 15 is 0 Å². The van der Waals surface area contributed by atoms with Crippen molar-refractivity contribution in [2.24, 2.45) is 0 Å². The van der Waals surface area contributed by atoms with Crippen LogP contribution < -0.4 is 4.74 Å². The summed E-state index contributed by atoms with van der Waals surface area (Å²) in [4.78, 5) is 7.93. The van der Waals surface area contributed by atoms with Crippen molar-refractivity contribution < 1.29 is 18.6 Å². The maximum atomic E-state index is 13.9. The maximum absolute atomic E-state index is 13.9. The van der Waals surface area contributed by atoms with Crippen LogP contribution in [0.1, 0.15) is 11.5 Å². The molecule has 0 bridgehead atoms. The lowest BCUT2D eigenvalue weighted by molar-refractivity contribution is 0.271. The summed E-state index contributed by atoms with van der Waals surface area (Å²) in [6, 6.07) is 3.49. The van der Waals surface area contributed by atoms with Gasteiger partial charge in [-0.2, -0.15) is 0 Å². The van der Waals surface area contributed by atoms with Gasteiger partial charge < -0.3 is 9.84 Å².